The average Bonchev–Trinajstić information content (AvgIpc) is 3.30. The van der Waals surface area contributed by atoms with Gasteiger partial charge in [0.1, 0.15) is 5.75 Å². The Bertz CT molecular complexity index is 958. The number of nitrogens with zero attached hydrogens (tertiary/aromatic N) is 4. The summed E-state index contributed by atoms with van der Waals surface area (Å²) in [5, 5.41) is 6.79. The van der Waals surface area contributed by atoms with Gasteiger partial charge in [0.15, 0.2) is 0 Å². The Kier molecular flexibility index (Phi) is 4.14. The molecule has 6 nitrogen and oxygen atoms in total. The highest BCUT2D eigenvalue weighted by Crippen LogP contribution is 2.34. The summed E-state index contributed by atoms with van der Waals surface area (Å²) >= 11 is 0. The first-order chi connectivity index (χ1) is 12.9. The van der Waals surface area contributed by atoms with Crippen LogP contribution in [-0.2, 0) is 13.1 Å². The normalized spacial score (nSPS) is 14.1. The number of imidazole rings is 1. The van der Waals surface area contributed by atoms with Gasteiger partial charge in [-0.15, -0.1) is 13.2 Å². The Morgan fingerprint density at radius 3 is 2.63 bits per heavy atom. The Hall–Kier alpha value is -3.23. The van der Waals surface area contributed by atoms with Gasteiger partial charge < -0.3 is 14.2 Å². The van der Waals surface area contributed by atoms with Crippen LogP contribution >= 0.6 is 0 Å². The highest BCUT2D eigenvalue weighted by atomic mass is 19.4. The lowest BCUT2D eigenvalue weighted by molar-refractivity contribution is -0.274. The van der Waals surface area contributed by atoms with Gasteiger partial charge in [0, 0.05) is 35.8 Å². The second-order valence-electron chi connectivity index (χ2n) is 6.03. The zero-order chi connectivity index (χ0) is 19.0. The standard InChI is InChI=1S/C18H16F3N5O/c1-2-25-11-22-17-15(12-7-23-24-8-12)9-26(10-16(17)25)13-3-5-14(6-4-13)27-18(19,20)21/h3-9,11H,2,10H2,1H3,(H,23,24). The second-order valence-corrected chi connectivity index (χ2v) is 6.03. The van der Waals surface area contributed by atoms with Crippen LogP contribution < -0.4 is 9.64 Å². The number of alkyl halides is 3. The Morgan fingerprint density at radius 1 is 1.22 bits per heavy atom. The number of hydrogen-bond acceptors (Lipinski definition) is 4. The van der Waals surface area contributed by atoms with E-state index in [2.05, 4.69) is 24.5 Å². The molecule has 0 bridgehead atoms. The van der Waals surface area contributed by atoms with Gasteiger partial charge in [-0.2, -0.15) is 5.10 Å². The second kappa shape index (κ2) is 6.49. The fourth-order valence-electron chi connectivity index (χ4n) is 3.11. The van der Waals surface area contributed by atoms with Gasteiger partial charge >= 0.3 is 6.36 Å². The van der Waals surface area contributed by atoms with Crippen LogP contribution in [0, 0.1) is 0 Å². The summed E-state index contributed by atoms with van der Waals surface area (Å²) in [6.07, 6.45) is 2.51. The van der Waals surface area contributed by atoms with Gasteiger partial charge in [-0.3, -0.25) is 5.10 Å². The minimum atomic E-state index is -4.70. The molecule has 1 aliphatic heterocycles. The average molecular weight is 375 g/mol. The van der Waals surface area contributed by atoms with Crippen molar-refractivity contribution < 1.29 is 17.9 Å². The summed E-state index contributed by atoms with van der Waals surface area (Å²) < 4.78 is 43.1. The smallest absolute Gasteiger partial charge is 0.406 e. The molecule has 0 atom stereocenters. The van der Waals surface area contributed by atoms with Crippen molar-refractivity contribution in [3.63, 3.8) is 0 Å². The number of nitrogens with one attached hydrogen (secondary N) is 1. The minimum absolute atomic E-state index is 0.249. The molecule has 1 aliphatic rings. The monoisotopic (exact) mass is 375 g/mol. The van der Waals surface area contributed by atoms with E-state index in [1.807, 2.05) is 18.0 Å². The van der Waals surface area contributed by atoms with Crippen molar-refractivity contribution in [1.82, 2.24) is 19.7 Å². The van der Waals surface area contributed by atoms with Crippen LogP contribution in [0.2, 0.25) is 0 Å². The third-order valence-electron chi connectivity index (χ3n) is 4.36. The number of benzene rings is 1. The predicted molar refractivity (Wildman–Crippen MR) is 92.9 cm³/mol. The van der Waals surface area contributed by atoms with Gasteiger partial charge in [-0.25, -0.2) is 4.98 Å². The van der Waals surface area contributed by atoms with Gasteiger partial charge in [0.05, 0.1) is 30.5 Å². The number of anilines is 1. The lowest BCUT2D eigenvalue weighted by Crippen LogP contribution is -2.23. The molecular formula is C18H16F3N5O. The SMILES string of the molecule is CCn1cnc2c1CN(c1ccc(OC(F)(F)F)cc1)C=C2c1cn[nH]c1. The molecule has 4 rings (SSSR count). The zero-order valence-electron chi connectivity index (χ0n) is 14.4. The van der Waals surface area contributed by atoms with E-state index in [0.29, 0.717) is 6.54 Å². The molecule has 1 N–H and O–H groups in total. The zero-order valence-corrected chi connectivity index (χ0v) is 14.4. The first-order valence-corrected chi connectivity index (χ1v) is 8.32. The molecule has 0 unspecified atom stereocenters. The Balaban J connectivity index is 1.70. The molecule has 0 fully saturated rings. The molecule has 2 aromatic heterocycles. The van der Waals surface area contributed by atoms with E-state index in [9.17, 15) is 13.2 Å². The number of rotatable bonds is 4. The fraction of sp³-hybridized carbons (Fsp3) is 0.222. The van der Waals surface area contributed by atoms with Crippen molar-refractivity contribution in [2.75, 3.05) is 4.90 Å². The molecule has 0 amide bonds. The third-order valence-corrected chi connectivity index (χ3v) is 4.36. The van der Waals surface area contributed by atoms with Crippen LogP contribution in [-0.4, -0.2) is 26.1 Å². The lowest BCUT2D eigenvalue weighted by Gasteiger charge is -2.27. The van der Waals surface area contributed by atoms with Crippen molar-refractivity contribution in [2.45, 2.75) is 26.4 Å². The molecule has 1 aromatic carbocycles. The molecule has 140 valence electrons. The maximum atomic E-state index is 12.4. The van der Waals surface area contributed by atoms with Gasteiger partial charge in [0.2, 0.25) is 0 Å². The molecule has 0 saturated heterocycles. The van der Waals surface area contributed by atoms with Crippen LogP contribution in [0.15, 0.2) is 49.2 Å². The molecule has 0 saturated carbocycles. The molecule has 0 aliphatic carbocycles. The number of hydrogen-bond donors (Lipinski definition) is 1. The molecule has 0 radical (unpaired) electrons. The van der Waals surface area contributed by atoms with Crippen molar-refractivity contribution in [2.24, 2.45) is 0 Å². The molecule has 3 aromatic rings. The van der Waals surface area contributed by atoms with Crippen molar-refractivity contribution in [3.8, 4) is 5.75 Å². The highest BCUT2D eigenvalue weighted by Gasteiger charge is 2.31. The number of aryl methyl sites for hydroxylation is 1. The number of fused-ring (bicyclic) bond motifs is 1. The number of H-pyrrole nitrogens is 1. The van der Waals surface area contributed by atoms with Crippen molar-refractivity contribution >= 4 is 11.3 Å². The van der Waals surface area contributed by atoms with E-state index >= 15 is 0 Å². The van der Waals surface area contributed by atoms with E-state index in [1.165, 1.54) is 12.1 Å². The van der Waals surface area contributed by atoms with Crippen LogP contribution in [0.3, 0.4) is 0 Å². The molecular weight excluding hydrogens is 359 g/mol. The largest absolute Gasteiger partial charge is 0.573 e. The minimum Gasteiger partial charge on any atom is -0.406 e. The summed E-state index contributed by atoms with van der Waals surface area (Å²) in [6.45, 7) is 3.36. The lowest BCUT2D eigenvalue weighted by atomic mass is 10.0. The maximum Gasteiger partial charge on any atom is 0.573 e. The van der Waals surface area contributed by atoms with Crippen LogP contribution in [0.25, 0.3) is 5.57 Å². The van der Waals surface area contributed by atoms with Gasteiger partial charge in [0.25, 0.3) is 0 Å². The van der Waals surface area contributed by atoms with E-state index < -0.39 is 6.36 Å². The fourth-order valence-corrected chi connectivity index (χ4v) is 3.11. The molecule has 0 spiro atoms. The third kappa shape index (κ3) is 3.40. The Morgan fingerprint density at radius 2 is 2.00 bits per heavy atom. The number of halogens is 3. The summed E-state index contributed by atoms with van der Waals surface area (Å²) in [5.41, 5.74) is 4.45. The summed E-state index contributed by atoms with van der Waals surface area (Å²) in [5.74, 6) is -0.249. The first kappa shape index (κ1) is 17.2. The summed E-state index contributed by atoms with van der Waals surface area (Å²) in [7, 11) is 0. The van der Waals surface area contributed by atoms with Crippen LogP contribution in [0.1, 0.15) is 23.9 Å². The first-order valence-electron chi connectivity index (χ1n) is 8.32. The summed E-state index contributed by atoms with van der Waals surface area (Å²) in [6, 6.07) is 5.81. The Labute approximate surface area is 152 Å². The quantitative estimate of drug-likeness (QED) is 0.751. The van der Waals surface area contributed by atoms with E-state index in [0.717, 1.165) is 34.8 Å². The van der Waals surface area contributed by atoms with Crippen LogP contribution in [0.5, 0.6) is 5.75 Å². The molecule has 3 heterocycles. The van der Waals surface area contributed by atoms with E-state index in [-0.39, 0.29) is 5.75 Å². The van der Waals surface area contributed by atoms with Crippen molar-refractivity contribution in [1.29, 1.82) is 0 Å². The van der Waals surface area contributed by atoms with Crippen LogP contribution in [0.4, 0.5) is 18.9 Å². The van der Waals surface area contributed by atoms with Gasteiger partial charge in [-0.05, 0) is 31.2 Å². The summed E-state index contributed by atoms with van der Waals surface area (Å²) in [4.78, 5) is 6.50. The predicted octanol–water partition coefficient (Wildman–Crippen LogP) is 3.93. The van der Waals surface area contributed by atoms with Gasteiger partial charge in [-0.1, -0.05) is 0 Å². The highest BCUT2D eigenvalue weighted by molar-refractivity contribution is 5.82. The molecule has 9 heteroatoms. The van der Waals surface area contributed by atoms with E-state index in [4.69, 9.17) is 0 Å². The number of aromatic nitrogens is 4. The maximum absolute atomic E-state index is 12.4. The number of ether oxygens (including phenoxy) is 1. The van der Waals surface area contributed by atoms with Crippen molar-refractivity contribution in [3.05, 3.63) is 66.1 Å². The topological polar surface area (TPSA) is 59.0 Å². The molecule has 27 heavy (non-hydrogen) atoms. The number of aromatic amines is 1. The van der Waals surface area contributed by atoms with E-state index in [1.54, 1.807) is 30.9 Å².